The first-order valence-electron chi connectivity index (χ1n) is 8.57. The average molecular weight is 362 g/mol. The highest BCUT2D eigenvalue weighted by Gasteiger charge is 2.17. The summed E-state index contributed by atoms with van der Waals surface area (Å²) in [4.78, 5) is 9.88. The number of thiol groups is 1. The molecule has 3 rings (SSSR count). The van der Waals surface area contributed by atoms with Crippen molar-refractivity contribution in [3.63, 3.8) is 0 Å². The zero-order chi connectivity index (χ0) is 18.7. The number of allylic oxidation sites excluding steroid dienone is 3. The molecule has 1 aliphatic heterocycles. The lowest BCUT2D eigenvalue weighted by atomic mass is 9.96. The molecule has 1 aromatic carbocycles. The molecule has 0 amide bonds. The van der Waals surface area contributed by atoms with Crippen molar-refractivity contribution in [2.24, 2.45) is 4.99 Å². The summed E-state index contributed by atoms with van der Waals surface area (Å²) in [5, 5.41) is 3.30. The molecule has 0 saturated carbocycles. The maximum Gasteiger partial charge on any atom is 0.0701 e. The third-order valence-electron chi connectivity index (χ3n) is 4.54. The smallest absolute Gasteiger partial charge is 0.0701 e. The fourth-order valence-corrected chi connectivity index (χ4v) is 3.55. The summed E-state index contributed by atoms with van der Waals surface area (Å²) >= 11 is 4.77. The summed E-state index contributed by atoms with van der Waals surface area (Å²) in [7, 11) is 1.93. The Bertz CT molecular complexity index is 937. The summed E-state index contributed by atoms with van der Waals surface area (Å²) in [5.74, 6) is 0. The Hall–Kier alpha value is -2.59. The first kappa shape index (κ1) is 18.2. The van der Waals surface area contributed by atoms with E-state index in [9.17, 15) is 0 Å². The van der Waals surface area contributed by atoms with Crippen LogP contribution in [-0.2, 0) is 0 Å². The van der Waals surface area contributed by atoms with Gasteiger partial charge in [0.15, 0.2) is 0 Å². The second kappa shape index (κ2) is 7.75. The molecule has 1 N–H and O–H groups in total. The molecule has 2 heterocycles. The van der Waals surface area contributed by atoms with Crippen molar-refractivity contribution in [3.8, 4) is 0 Å². The lowest BCUT2D eigenvalue weighted by Crippen LogP contribution is -2.00. The fraction of sp³-hybridized carbons (Fsp3) is 0.182. The SMILES string of the molecule is C=C/C(=C\c1c(S)cc(C2=C(C)CN=C2C)cc1NC)c1ccccn1. The molecule has 0 bridgehead atoms. The van der Waals surface area contributed by atoms with E-state index in [4.69, 9.17) is 12.6 Å². The standard InChI is InChI=1S/C22H23N3S/c1-5-16(19-8-6-7-9-24-19)10-18-20(23-4)11-17(12-21(18)26)22-14(2)13-25-15(22)3/h5-12,23,26H,1,13H2,2-4H3/b16-10+. The van der Waals surface area contributed by atoms with Gasteiger partial charge in [-0.2, -0.15) is 0 Å². The molecule has 132 valence electrons. The molecule has 0 fully saturated rings. The van der Waals surface area contributed by atoms with Crippen LogP contribution in [0.2, 0.25) is 0 Å². The third-order valence-corrected chi connectivity index (χ3v) is 4.91. The molecule has 0 unspecified atom stereocenters. The number of rotatable bonds is 5. The molecule has 1 aliphatic rings. The van der Waals surface area contributed by atoms with Gasteiger partial charge in [0.1, 0.15) is 0 Å². The van der Waals surface area contributed by atoms with E-state index in [0.717, 1.165) is 45.2 Å². The van der Waals surface area contributed by atoms with Gasteiger partial charge in [-0.3, -0.25) is 9.98 Å². The highest BCUT2D eigenvalue weighted by molar-refractivity contribution is 7.80. The molecule has 0 spiro atoms. The Morgan fingerprint density at radius 1 is 1.27 bits per heavy atom. The summed E-state index contributed by atoms with van der Waals surface area (Å²) in [5.41, 5.74) is 8.63. The lowest BCUT2D eigenvalue weighted by Gasteiger charge is -2.15. The summed E-state index contributed by atoms with van der Waals surface area (Å²) in [6.45, 7) is 8.92. The molecule has 0 aliphatic carbocycles. The van der Waals surface area contributed by atoms with Crippen molar-refractivity contribution in [2.45, 2.75) is 18.7 Å². The zero-order valence-electron chi connectivity index (χ0n) is 15.4. The van der Waals surface area contributed by atoms with Gasteiger partial charge in [-0.15, -0.1) is 12.6 Å². The predicted molar refractivity (Wildman–Crippen MR) is 116 cm³/mol. The number of nitrogens with zero attached hydrogens (tertiary/aromatic N) is 2. The van der Waals surface area contributed by atoms with Gasteiger partial charge in [0.05, 0.1) is 12.2 Å². The van der Waals surface area contributed by atoms with Crippen LogP contribution in [0.25, 0.3) is 17.2 Å². The fourth-order valence-electron chi connectivity index (χ4n) is 3.23. The van der Waals surface area contributed by atoms with Crippen LogP contribution in [0.1, 0.15) is 30.7 Å². The molecule has 0 saturated heterocycles. The number of anilines is 1. The molecular weight excluding hydrogens is 338 g/mol. The number of aliphatic imine (C=N–C) groups is 1. The Morgan fingerprint density at radius 2 is 2.08 bits per heavy atom. The van der Waals surface area contributed by atoms with E-state index >= 15 is 0 Å². The van der Waals surface area contributed by atoms with Gasteiger partial charge in [-0.05, 0) is 55.3 Å². The average Bonchev–Trinajstić information content (AvgIpc) is 2.99. The molecular formula is C22H23N3S. The van der Waals surface area contributed by atoms with Crippen LogP contribution in [0, 0.1) is 0 Å². The topological polar surface area (TPSA) is 37.3 Å². The van der Waals surface area contributed by atoms with Crippen molar-refractivity contribution in [2.75, 3.05) is 18.9 Å². The van der Waals surface area contributed by atoms with E-state index in [-0.39, 0.29) is 0 Å². The minimum Gasteiger partial charge on any atom is -0.388 e. The van der Waals surface area contributed by atoms with Crippen LogP contribution in [-0.4, -0.2) is 24.3 Å². The quantitative estimate of drug-likeness (QED) is 0.554. The molecule has 3 nitrogen and oxygen atoms in total. The van der Waals surface area contributed by atoms with E-state index in [1.165, 1.54) is 11.1 Å². The van der Waals surface area contributed by atoms with E-state index < -0.39 is 0 Å². The van der Waals surface area contributed by atoms with Gasteiger partial charge in [-0.25, -0.2) is 0 Å². The first-order chi connectivity index (χ1) is 12.5. The van der Waals surface area contributed by atoms with Gasteiger partial charge >= 0.3 is 0 Å². The number of pyridine rings is 1. The molecule has 4 heteroatoms. The van der Waals surface area contributed by atoms with E-state index in [2.05, 4.69) is 53.9 Å². The monoisotopic (exact) mass is 361 g/mol. The summed E-state index contributed by atoms with van der Waals surface area (Å²) in [6.07, 6.45) is 5.68. The second-order valence-corrected chi connectivity index (χ2v) is 6.76. The highest BCUT2D eigenvalue weighted by atomic mass is 32.1. The highest BCUT2D eigenvalue weighted by Crippen LogP contribution is 2.34. The number of nitrogens with one attached hydrogen (secondary N) is 1. The Labute approximate surface area is 160 Å². The predicted octanol–water partition coefficient (Wildman–Crippen LogP) is 5.39. The molecule has 1 aromatic heterocycles. The largest absolute Gasteiger partial charge is 0.388 e. The second-order valence-electron chi connectivity index (χ2n) is 6.28. The van der Waals surface area contributed by atoms with Gasteiger partial charge in [0.25, 0.3) is 0 Å². The van der Waals surface area contributed by atoms with Crippen molar-refractivity contribution in [1.29, 1.82) is 0 Å². The van der Waals surface area contributed by atoms with Crippen LogP contribution in [0.5, 0.6) is 0 Å². The summed E-state index contributed by atoms with van der Waals surface area (Å²) in [6, 6.07) is 10.1. The number of hydrogen-bond donors (Lipinski definition) is 2. The van der Waals surface area contributed by atoms with Gasteiger partial charge in [0.2, 0.25) is 0 Å². The Morgan fingerprint density at radius 3 is 2.65 bits per heavy atom. The van der Waals surface area contributed by atoms with Crippen LogP contribution in [0.4, 0.5) is 5.69 Å². The number of aromatic nitrogens is 1. The normalized spacial score (nSPS) is 14.5. The summed E-state index contributed by atoms with van der Waals surface area (Å²) < 4.78 is 0. The van der Waals surface area contributed by atoms with Crippen molar-refractivity contribution in [3.05, 3.63) is 71.6 Å². The van der Waals surface area contributed by atoms with Crippen LogP contribution >= 0.6 is 12.6 Å². The van der Waals surface area contributed by atoms with Crippen molar-refractivity contribution >= 4 is 41.3 Å². The van der Waals surface area contributed by atoms with E-state index in [0.29, 0.717) is 0 Å². The van der Waals surface area contributed by atoms with E-state index in [1.54, 1.807) is 6.20 Å². The number of benzene rings is 1. The van der Waals surface area contributed by atoms with Gasteiger partial charge in [0, 0.05) is 46.2 Å². The van der Waals surface area contributed by atoms with E-state index in [1.807, 2.05) is 31.3 Å². The van der Waals surface area contributed by atoms with Crippen molar-refractivity contribution < 1.29 is 0 Å². The third kappa shape index (κ3) is 3.51. The van der Waals surface area contributed by atoms with Crippen LogP contribution in [0.3, 0.4) is 0 Å². The van der Waals surface area contributed by atoms with Crippen molar-refractivity contribution in [1.82, 2.24) is 4.98 Å². The lowest BCUT2D eigenvalue weighted by molar-refractivity contribution is 1.18. The Kier molecular flexibility index (Phi) is 5.43. The maximum absolute atomic E-state index is 4.77. The molecule has 0 radical (unpaired) electrons. The maximum atomic E-state index is 4.77. The molecule has 0 atom stereocenters. The minimum atomic E-state index is 0.778. The Balaban J connectivity index is 2.12. The zero-order valence-corrected chi connectivity index (χ0v) is 16.3. The van der Waals surface area contributed by atoms with Gasteiger partial charge in [-0.1, -0.05) is 18.7 Å². The van der Waals surface area contributed by atoms with Gasteiger partial charge < -0.3 is 5.32 Å². The molecule has 2 aromatic rings. The van der Waals surface area contributed by atoms with Crippen LogP contribution < -0.4 is 5.32 Å². The first-order valence-corrected chi connectivity index (χ1v) is 9.01. The molecule has 26 heavy (non-hydrogen) atoms. The minimum absolute atomic E-state index is 0.778. The van der Waals surface area contributed by atoms with Crippen LogP contribution in [0.15, 0.2) is 64.6 Å². The number of hydrogen-bond acceptors (Lipinski definition) is 4.